The molecule has 0 saturated carbocycles. The lowest BCUT2D eigenvalue weighted by Crippen LogP contribution is -2.19. The lowest BCUT2D eigenvalue weighted by molar-refractivity contribution is -0.390. The Kier molecular flexibility index (Phi) is 3.51. The first-order valence-electron chi connectivity index (χ1n) is 4.35. The first-order valence-corrected chi connectivity index (χ1v) is 4.35. The number of hydrogen-bond donors (Lipinski definition) is 1. The molecule has 1 heterocycles. The van der Waals surface area contributed by atoms with Crippen LogP contribution in [-0.2, 0) is 6.54 Å². The number of rotatable bonds is 3. The summed E-state index contributed by atoms with van der Waals surface area (Å²) in [7, 11) is 0. The van der Waals surface area contributed by atoms with Gasteiger partial charge in [-0.1, -0.05) is 0 Å². The van der Waals surface area contributed by atoms with Crippen LogP contribution in [0.5, 0.6) is 5.75 Å². The molecule has 1 aromatic heterocycles. The highest BCUT2D eigenvalue weighted by Crippen LogP contribution is 2.30. The van der Waals surface area contributed by atoms with Gasteiger partial charge in [-0.05, 0) is 16.8 Å². The van der Waals surface area contributed by atoms with Gasteiger partial charge in [0.25, 0.3) is 0 Å². The van der Waals surface area contributed by atoms with Gasteiger partial charge < -0.3 is 20.6 Å². The molecular formula is C8H8F3N3O3. The Hall–Kier alpha value is -1.90. The Balaban J connectivity index is 3.26. The number of nitrogens with zero attached hydrogens (tertiary/aromatic N) is 2. The lowest BCUT2D eigenvalue weighted by Gasteiger charge is -2.12. The third-order valence-corrected chi connectivity index (χ3v) is 1.99. The maximum atomic E-state index is 12.0. The van der Waals surface area contributed by atoms with Crippen molar-refractivity contribution in [3.05, 3.63) is 27.4 Å². The number of pyridine rings is 1. The number of ether oxygens (including phenoxy) is 1. The van der Waals surface area contributed by atoms with Crippen molar-refractivity contribution in [1.82, 2.24) is 4.98 Å². The minimum absolute atomic E-state index is 0.0424. The Morgan fingerprint density at radius 3 is 2.59 bits per heavy atom. The number of halogens is 3. The summed E-state index contributed by atoms with van der Waals surface area (Å²) >= 11 is 0. The predicted octanol–water partition coefficient (Wildman–Crippen LogP) is 1.66. The Morgan fingerprint density at radius 1 is 1.59 bits per heavy atom. The molecule has 0 unspecified atom stereocenters. The van der Waals surface area contributed by atoms with Crippen LogP contribution in [0.25, 0.3) is 0 Å². The molecule has 0 atom stereocenters. The number of aromatic nitrogens is 1. The lowest BCUT2D eigenvalue weighted by atomic mass is 10.1. The van der Waals surface area contributed by atoms with E-state index in [1.54, 1.807) is 0 Å². The molecule has 9 heteroatoms. The average molecular weight is 251 g/mol. The number of alkyl halides is 3. The second-order valence-corrected chi connectivity index (χ2v) is 3.06. The molecule has 6 nitrogen and oxygen atoms in total. The smallest absolute Gasteiger partial charge is 0.401 e. The van der Waals surface area contributed by atoms with E-state index in [1.807, 2.05) is 0 Å². The number of nitrogens with two attached hydrogens (primary N) is 1. The van der Waals surface area contributed by atoms with Crippen LogP contribution in [0.3, 0.4) is 0 Å². The molecule has 0 aliphatic heterocycles. The van der Waals surface area contributed by atoms with E-state index in [4.69, 9.17) is 5.73 Å². The fraction of sp³-hybridized carbons (Fsp3) is 0.375. The van der Waals surface area contributed by atoms with E-state index >= 15 is 0 Å². The molecule has 0 spiro atoms. The topological polar surface area (TPSA) is 91.3 Å². The van der Waals surface area contributed by atoms with Crippen LogP contribution in [0.1, 0.15) is 11.1 Å². The molecule has 94 valence electrons. The Morgan fingerprint density at radius 2 is 2.18 bits per heavy atom. The van der Waals surface area contributed by atoms with Crippen LogP contribution in [0, 0.1) is 17.0 Å². The van der Waals surface area contributed by atoms with Crippen molar-refractivity contribution in [1.29, 1.82) is 0 Å². The molecule has 0 bridgehead atoms. The molecule has 1 rings (SSSR count). The SMILES string of the molecule is Cc1c([N+](=O)[O-])ncc(OC(F)(F)F)c1CN. The van der Waals surface area contributed by atoms with Gasteiger partial charge in [-0.15, -0.1) is 13.2 Å². The van der Waals surface area contributed by atoms with Crippen molar-refractivity contribution in [2.24, 2.45) is 5.73 Å². The van der Waals surface area contributed by atoms with Gasteiger partial charge in [-0.3, -0.25) is 0 Å². The third kappa shape index (κ3) is 3.03. The third-order valence-electron chi connectivity index (χ3n) is 1.99. The van der Waals surface area contributed by atoms with Crippen LogP contribution in [0.4, 0.5) is 19.0 Å². The summed E-state index contributed by atoms with van der Waals surface area (Å²) in [5.74, 6) is -1.16. The summed E-state index contributed by atoms with van der Waals surface area (Å²) in [4.78, 5) is 13.0. The maximum absolute atomic E-state index is 12.0. The minimum atomic E-state index is -4.89. The van der Waals surface area contributed by atoms with Crippen LogP contribution in [0.2, 0.25) is 0 Å². The van der Waals surface area contributed by atoms with Gasteiger partial charge in [0.2, 0.25) is 0 Å². The fourth-order valence-corrected chi connectivity index (χ4v) is 1.26. The summed E-state index contributed by atoms with van der Waals surface area (Å²) < 4.78 is 39.7. The average Bonchev–Trinajstić information content (AvgIpc) is 2.15. The first kappa shape index (κ1) is 13.2. The van der Waals surface area contributed by atoms with Gasteiger partial charge >= 0.3 is 12.2 Å². The van der Waals surface area contributed by atoms with Crippen LogP contribution in [0.15, 0.2) is 6.20 Å². The van der Waals surface area contributed by atoms with E-state index in [0.717, 1.165) is 0 Å². The monoisotopic (exact) mass is 251 g/mol. The van der Waals surface area contributed by atoms with E-state index < -0.39 is 22.9 Å². The van der Waals surface area contributed by atoms with Crippen molar-refractivity contribution >= 4 is 5.82 Å². The van der Waals surface area contributed by atoms with Gasteiger partial charge in [-0.2, -0.15) is 0 Å². The molecule has 0 aliphatic rings. The van der Waals surface area contributed by atoms with E-state index in [9.17, 15) is 23.3 Å². The molecule has 0 aromatic carbocycles. The maximum Gasteiger partial charge on any atom is 0.573 e. The van der Waals surface area contributed by atoms with Crippen LogP contribution < -0.4 is 10.5 Å². The van der Waals surface area contributed by atoms with Crippen molar-refractivity contribution in [2.75, 3.05) is 0 Å². The fourth-order valence-electron chi connectivity index (χ4n) is 1.26. The molecule has 0 radical (unpaired) electrons. The molecule has 17 heavy (non-hydrogen) atoms. The Labute approximate surface area is 93.3 Å². The van der Waals surface area contributed by atoms with Gasteiger partial charge in [0.1, 0.15) is 0 Å². The second kappa shape index (κ2) is 4.53. The van der Waals surface area contributed by atoms with E-state index in [0.29, 0.717) is 6.20 Å². The van der Waals surface area contributed by atoms with Gasteiger partial charge in [0.15, 0.2) is 11.9 Å². The summed E-state index contributed by atoms with van der Waals surface area (Å²) in [6.45, 7) is 0.942. The first-order chi connectivity index (χ1) is 7.76. The number of nitro groups is 1. The van der Waals surface area contributed by atoms with Crippen LogP contribution >= 0.6 is 0 Å². The molecule has 0 fully saturated rings. The Bertz CT molecular complexity index is 448. The second-order valence-electron chi connectivity index (χ2n) is 3.06. The standard InChI is InChI=1S/C8H8F3N3O3/c1-4-5(2-12)6(17-8(9,10)11)3-13-7(4)14(15)16/h3H,2,12H2,1H3. The normalized spacial score (nSPS) is 11.4. The van der Waals surface area contributed by atoms with Gasteiger partial charge in [0, 0.05) is 12.1 Å². The minimum Gasteiger partial charge on any atom is -0.401 e. The zero-order valence-corrected chi connectivity index (χ0v) is 8.61. The largest absolute Gasteiger partial charge is 0.573 e. The quantitative estimate of drug-likeness (QED) is 0.651. The zero-order valence-electron chi connectivity index (χ0n) is 8.61. The molecular weight excluding hydrogens is 243 g/mol. The highest BCUT2D eigenvalue weighted by atomic mass is 19.4. The summed E-state index contributed by atoms with van der Waals surface area (Å²) in [5, 5.41) is 10.5. The molecule has 2 N–H and O–H groups in total. The van der Waals surface area contributed by atoms with E-state index in [-0.39, 0.29) is 17.7 Å². The van der Waals surface area contributed by atoms with Crippen molar-refractivity contribution in [2.45, 2.75) is 19.8 Å². The van der Waals surface area contributed by atoms with E-state index in [1.165, 1.54) is 6.92 Å². The van der Waals surface area contributed by atoms with Crippen molar-refractivity contribution in [3.8, 4) is 5.75 Å². The molecule has 0 saturated heterocycles. The summed E-state index contributed by atoms with van der Waals surface area (Å²) in [5.41, 5.74) is 5.11. The summed E-state index contributed by atoms with van der Waals surface area (Å²) in [6.07, 6.45) is -4.25. The summed E-state index contributed by atoms with van der Waals surface area (Å²) in [6, 6.07) is 0. The van der Waals surface area contributed by atoms with Crippen molar-refractivity contribution in [3.63, 3.8) is 0 Å². The molecule has 1 aromatic rings. The van der Waals surface area contributed by atoms with Gasteiger partial charge in [-0.25, -0.2) is 0 Å². The highest BCUT2D eigenvalue weighted by molar-refractivity contribution is 5.46. The molecule has 0 amide bonds. The molecule has 0 aliphatic carbocycles. The van der Waals surface area contributed by atoms with Crippen LogP contribution in [-0.4, -0.2) is 16.3 Å². The number of hydrogen-bond acceptors (Lipinski definition) is 5. The predicted molar refractivity (Wildman–Crippen MR) is 50.2 cm³/mol. The zero-order chi connectivity index (χ0) is 13.2. The van der Waals surface area contributed by atoms with Crippen molar-refractivity contribution < 1.29 is 22.8 Å². The highest BCUT2D eigenvalue weighted by Gasteiger charge is 2.34. The van der Waals surface area contributed by atoms with Gasteiger partial charge in [0.05, 0.1) is 5.56 Å². The van der Waals surface area contributed by atoms with E-state index in [2.05, 4.69) is 9.72 Å².